The van der Waals surface area contributed by atoms with E-state index in [9.17, 15) is 4.79 Å². The maximum Gasteiger partial charge on any atom is 0.336 e. The molecule has 0 aromatic rings. The van der Waals surface area contributed by atoms with Gasteiger partial charge in [0.15, 0.2) is 0 Å². The Labute approximate surface area is 94.3 Å². The van der Waals surface area contributed by atoms with Gasteiger partial charge in [-0.25, -0.2) is 4.79 Å². The SMILES string of the molecule is CCC(CBr)C1=CC(=O)OC1=CBr. The number of esters is 1. The summed E-state index contributed by atoms with van der Waals surface area (Å²) >= 11 is 6.59. The van der Waals surface area contributed by atoms with Gasteiger partial charge in [0, 0.05) is 22.0 Å². The van der Waals surface area contributed by atoms with E-state index in [1.54, 1.807) is 11.1 Å². The molecule has 1 heterocycles. The van der Waals surface area contributed by atoms with E-state index in [1.165, 1.54) is 0 Å². The average Bonchev–Trinajstić information content (AvgIpc) is 2.49. The number of alkyl halides is 1. The Morgan fingerprint density at radius 2 is 2.38 bits per heavy atom. The molecule has 0 radical (unpaired) electrons. The second-order valence-electron chi connectivity index (χ2n) is 2.75. The number of cyclic esters (lactones) is 1. The number of allylic oxidation sites excluding steroid dienone is 1. The molecule has 1 aliphatic rings. The lowest BCUT2D eigenvalue weighted by molar-refractivity contribution is -0.132. The molecule has 0 saturated heterocycles. The zero-order chi connectivity index (χ0) is 9.84. The van der Waals surface area contributed by atoms with Crippen molar-refractivity contribution < 1.29 is 9.53 Å². The quantitative estimate of drug-likeness (QED) is 0.591. The number of carbonyl (C=O) groups is 1. The maximum absolute atomic E-state index is 11.0. The summed E-state index contributed by atoms with van der Waals surface area (Å²) in [6.45, 7) is 2.08. The minimum atomic E-state index is -0.278. The lowest BCUT2D eigenvalue weighted by atomic mass is 9.98. The number of hydrogen-bond acceptors (Lipinski definition) is 2. The molecule has 0 saturated carbocycles. The smallest absolute Gasteiger partial charge is 0.336 e. The molecule has 1 rings (SSSR count). The van der Waals surface area contributed by atoms with Crippen molar-refractivity contribution in [2.24, 2.45) is 5.92 Å². The third-order valence-corrected chi connectivity index (χ3v) is 3.18. The van der Waals surface area contributed by atoms with Crippen LogP contribution in [0, 0.1) is 5.92 Å². The van der Waals surface area contributed by atoms with Crippen LogP contribution >= 0.6 is 31.9 Å². The van der Waals surface area contributed by atoms with E-state index in [0.717, 1.165) is 17.3 Å². The van der Waals surface area contributed by atoms with Gasteiger partial charge in [-0.05, 0) is 12.3 Å². The number of carbonyl (C=O) groups excluding carboxylic acids is 1. The summed E-state index contributed by atoms with van der Waals surface area (Å²) in [4.78, 5) is 12.6. The number of hydrogen-bond donors (Lipinski definition) is 0. The number of rotatable bonds is 3. The molecule has 0 fully saturated rings. The first-order chi connectivity index (χ1) is 6.22. The standard InChI is InChI=1S/C9H10Br2O2/c1-2-6(4-10)7-3-9(12)13-8(7)5-11/h3,5-6H,2,4H2,1H3. The number of halogens is 2. The van der Waals surface area contributed by atoms with Gasteiger partial charge in [-0.3, -0.25) is 0 Å². The van der Waals surface area contributed by atoms with Crippen LogP contribution in [0.2, 0.25) is 0 Å². The first-order valence-electron chi connectivity index (χ1n) is 4.03. The van der Waals surface area contributed by atoms with Crippen molar-refractivity contribution in [2.75, 3.05) is 5.33 Å². The summed E-state index contributed by atoms with van der Waals surface area (Å²) in [5.74, 6) is 0.701. The molecule has 1 unspecified atom stereocenters. The summed E-state index contributed by atoms with van der Waals surface area (Å²) in [6, 6.07) is 0. The fourth-order valence-electron chi connectivity index (χ4n) is 1.21. The predicted molar refractivity (Wildman–Crippen MR) is 58.8 cm³/mol. The van der Waals surface area contributed by atoms with Gasteiger partial charge in [-0.1, -0.05) is 38.8 Å². The molecule has 2 nitrogen and oxygen atoms in total. The molecular weight excluding hydrogens is 300 g/mol. The molecule has 0 aromatic carbocycles. The van der Waals surface area contributed by atoms with Gasteiger partial charge in [0.05, 0.1) is 0 Å². The van der Waals surface area contributed by atoms with E-state index >= 15 is 0 Å². The number of ether oxygens (including phenoxy) is 1. The van der Waals surface area contributed by atoms with E-state index in [0.29, 0.717) is 11.7 Å². The summed E-state index contributed by atoms with van der Waals surface area (Å²) in [5.41, 5.74) is 0.973. The third-order valence-electron chi connectivity index (χ3n) is 1.99. The van der Waals surface area contributed by atoms with Crippen molar-refractivity contribution in [1.29, 1.82) is 0 Å². The van der Waals surface area contributed by atoms with Crippen LogP contribution in [0.1, 0.15) is 13.3 Å². The lowest BCUT2D eigenvalue weighted by Gasteiger charge is -2.12. The van der Waals surface area contributed by atoms with Gasteiger partial charge in [0.25, 0.3) is 0 Å². The highest BCUT2D eigenvalue weighted by Crippen LogP contribution is 2.30. The molecular formula is C9H10Br2O2. The second-order valence-corrected chi connectivity index (χ2v) is 3.86. The van der Waals surface area contributed by atoms with Gasteiger partial charge in [-0.15, -0.1) is 0 Å². The molecule has 72 valence electrons. The van der Waals surface area contributed by atoms with Gasteiger partial charge in [0.1, 0.15) is 5.76 Å². The minimum absolute atomic E-state index is 0.278. The molecule has 1 aliphatic heterocycles. The largest absolute Gasteiger partial charge is 0.422 e. The lowest BCUT2D eigenvalue weighted by Crippen LogP contribution is -2.04. The summed E-state index contributed by atoms with van der Waals surface area (Å²) in [7, 11) is 0. The predicted octanol–water partition coefficient (Wildman–Crippen LogP) is 3.13. The molecule has 13 heavy (non-hydrogen) atoms. The normalized spacial score (nSPS) is 21.6. The Balaban J connectivity index is 2.88. The van der Waals surface area contributed by atoms with Crippen LogP contribution in [0.25, 0.3) is 0 Å². The third kappa shape index (κ3) is 2.44. The Kier molecular flexibility index (Phi) is 4.19. The minimum Gasteiger partial charge on any atom is -0.422 e. The van der Waals surface area contributed by atoms with Crippen molar-refractivity contribution in [2.45, 2.75) is 13.3 Å². The Morgan fingerprint density at radius 1 is 1.69 bits per heavy atom. The van der Waals surface area contributed by atoms with Gasteiger partial charge in [0.2, 0.25) is 0 Å². The van der Waals surface area contributed by atoms with Crippen LogP contribution < -0.4 is 0 Å². The van der Waals surface area contributed by atoms with Gasteiger partial charge < -0.3 is 4.74 Å². The second kappa shape index (κ2) is 4.96. The fourth-order valence-corrected chi connectivity index (χ4v) is 2.38. The molecule has 0 amide bonds. The van der Waals surface area contributed by atoms with Crippen LogP contribution in [0.15, 0.2) is 22.4 Å². The van der Waals surface area contributed by atoms with E-state index in [4.69, 9.17) is 4.74 Å². The Hall–Kier alpha value is -0.0900. The van der Waals surface area contributed by atoms with Crippen LogP contribution in [0.4, 0.5) is 0 Å². The van der Waals surface area contributed by atoms with E-state index < -0.39 is 0 Å². The van der Waals surface area contributed by atoms with Gasteiger partial charge in [-0.2, -0.15) is 0 Å². The molecule has 0 aromatic heterocycles. The van der Waals surface area contributed by atoms with Crippen molar-refractivity contribution in [3.8, 4) is 0 Å². The highest BCUT2D eigenvalue weighted by atomic mass is 79.9. The molecule has 0 bridgehead atoms. The highest BCUT2D eigenvalue weighted by molar-refractivity contribution is 9.11. The first kappa shape index (κ1) is 11.0. The molecule has 4 heteroatoms. The van der Waals surface area contributed by atoms with Crippen LogP contribution in [0.3, 0.4) is 0 Å². The van der Waals surface area contributed by atoms with Crippen LogP contribution in [-0.4, -0.2) is 11.3 Å². The Bertz CT molecular complexity index is 265. The van der Waals surface area contributed by atoms with E-state index in [2.05, 4.69) is 38.8 Å². The molecule has 0 spiro atoms. The topological polar surface area (TPSA) is 26.3 Å². The van der Waals surface area contributed by atoms with Crippen molar-refractivity contribution in [3.63, 3.8) is 0 Å². The summed E-state index contributed by atoms with van der Waals surface area (Å²) in [6.07, 6.45) is 2.54. The molecule has 1 atom stereocenters. The zero-order valence-electron chi connectivity index (χ0n) is 7.22. The van der Waals surface area contributed by atoms with Crippen molar-refractivity contribution in [3.05, 3.63) is 22.4 Å². The van der Waals surface area contributed by atoms with Crippen LogP contribution in [0.5, 0.6) is 0 Å². The average molecular weight is 310 g/mol. The first-order valence-corrected chi connectivity index (χ1v) is 6.06. The monoisotopic (exact) mass is 308 g/mol. The van der Waals surface area contributed by atoms with Crippen molar-refractivity contribution >= 4 is 37.8 Å². The molecule has 0 N–H and O–H groups in total. The Morgan fingerprint density at radius 3 is 2.85 bits per heavy atom. The van der Waals surface area contributed by atoms with E-state index in [1.807, 2.05) is 0 Å². The molecule has 0 aliphatic carbocycles. The maximum atomic E-state index is 11.0. The highest BCUT2D eigenvalue weighted by Gasteiger charge is 2.24. The summed E-state index contributed by atoms with van der Waals surface area (Å²) in [5, 5.41) is 0.844. The zero-order valence-corrected chi connectivity index (χ0v) is 10.4. The van der Waals surface area contributed by atoms with E-state index in [-0.39, 0.29) is 5.97 Å². The van der Waals surface area contributed by atoms with Crippen LogP contribution in [-0.2, 0) is 9.53 Å². The fraction of sp³-hybridized carbons (Fsp3) is 0.444. The van der Waals surface area contributed by atoms with Crippen molar-refractivity contribution in [1.82, 2.24) is 0 Å². The summed E-state index contributed by atoms with van der Waals surface area (Å²) < 4.78 is 4.97. The van der Waals surface area contributed by atoms with Gasteiger partial charge >= 0.3 is 5.97 Å².